The molecule has 0 aliphatic heterocycles. The number of hydrogen-bond acceptors (Lipinski definition) is 4. The first kappa shape index (κ1) is 28.2. The first-order valence-electron chi connectivity index (χ1n) is 12.4. The van der Waals surface area contributed by atoms with Gasteiger partial charge in [-0.1, -0.05) is 54.9 Å². The van der Waals surface area contributed by atoms with E-state index < -0.39 is 0 Å². The van der Waals surface area contributed by atoms with Gasteiger partial charge in [-0.3, -0.25) is 4.79 Å². The van der Waals surface area contributed by atoms with E-state index in [1.807, 2.05) is 18.2 Å². The fourth-order valence-electron chi connectivity index (χ4n) is 3.83. The zero-order valence-corrected chi connectivity index (χ0v) is 22.6. The summed E-state index contributed by atoms with van der Waals surface area (Å²) in [5.41, 5.74) is 3.29. The highest BCUT2D eigenvalue weighted by Crippen LogP contribution is 2.40. The lowest BCUT2D eigenvalue weighted by Gasteiger charge is -2.28. The first-order valence-corrected chi connectivity index (χ1v) is 12.4. The van der Waals surface area contributed by atoms with Crippen molar-refractivity contribution in [3.05, 3.63) is 64.7 Å². The predicted octanol–water partition coefficient (Wildman–Crippen LogP) is 7.01. The van der Waals surface area contributed by atoms with E-state index in [9.17, 15) is 14.7 Å². The number of unbranched alkanes of at least 4 members (excludes halogenated alkanes) is 1. The molecule has 0 fully saturated rings. The zero-order valence-electron chi connectivity index (χ0n) is 22.6. The van der Waals surface area contributed by atoms with Crippen LogP contribution in [0.5, 0.6) is 5.75 Å². The van der Waals surface area contributed by atoms with E-state index in [0.29, 0.717) is 24.5 Å². The highest BCUT2D eigenvalue weighted by atomic mass is 16.5. The van der Waals surface area contributed by atoms with Crippen LogP contribution in [0.15, 0.2) is 42.5 Å². The van der Waals surface area contributed by atoms with Crippen molar-refractivity contribution in [2.24, 2.45) is 0 Å². The van der Waals surface area contributed by atoms with Gasteiger partial charge in [0.2, 0.25) is 0 Å². The van der Waals surface area contributed by atoms with Crippen molar-refractivity contribution >= 4 is 23.6 Å². The van der Waals surface area contributed by atoms with Crippen LogP contribution in [0.1, 0.15) is 95.3 Å². The van der Waals surface area contributed by atoms with Crippen LogP contribution in [-0.2, 0) is 20.4 Å². The highest BCUT2D eigenvalue weighted by molar-refractivity contribution is 6.04. The second-order valence-corrected chi connectivity index (χ2v) is 10.9. The molecule has 2 rings (SSSR count). The molecule has 0 atom stereocenters. The maximum Gasteiger partial charge on any atom is 0.338 e. The Bertz CT molecular complexity index is 1020. The summed E-state index contributed by atoms with van der Waals surface area (Å²) in [5, 5.41) is 11.0. The molecule has 5 heteroatoms. The average molecular weight is 480 g/mol. The summed E-state index contributed by atoms with van der Waals surface area (Å²) in [6.07, 6.45) is 5.22. The maximum atomic E-state index is 13.3. The number of benzene rings is 2. The minimum Gasteiger partial charge on any atom is -0.507 e. The third kappa shape index (κ3) is 7.45. The van der Waals surface area contributed by atoms with Crippen molar-refractivity contribution in [3.8, 4) is 5.75 Å². The Balaban J connectivity index is 2.40. The van der Waals surface area contributed by atoms with Gasteiger partial charge in [0, 0.05) is 29.4 Å². The van der Waals surface area contributed by atoms with Crippen LogP contribution in [0.25, 0.3) is 6.08 Å². The molecule has 5 nitrogen and oxygen atoms in total. The third-order valence-corrected chi connectivity index (χ3v) is 5.86. The summed E-state index contributed by atoms with van der Waals surface area (Å²) in [6, 6.07) is 10.9. The molecule has 0 heterocycles. The molecule has 0 aromatic heterocycles. The number of rotatable bonds is 8. The number of phenols is 1. The van der Waals surface area contributed by atoms with Crippen LogP contribution in [-0.4, -0.2) is 30.1 Å². The molecule has 0 bridgehead atoms. The van der Waals surface area contributed by atoms with E-state index in [2.05, 4.69) is 48.5 Å². The molecule has 0 unspecified atom stereocenters. The standard InChI is InChI=1S/C30H41NO4/c1-9-11-18-31(23-15-13-22(14-16-23)28(34)35-10-2)26(32)17-12-21-19-24(29(3,4)5)27(33)25(20-21)30(6,7)8/h12-17,19-20,33H,9-11,18H2,1-8H3. The Morgan fingerprint density at radius 1 is 0.943 bits per heavy atom. The fraction of sp³-hybridized carbons (Fsp3) is 0.467. The van der Waals surface area contributed by atoms with Crippen molar-refractivity contribution in [2.75, 3.05) is 18.1 Å². The number of ether oxygens (including phenoxy) is 1. The van der Waals surface area contributed by atoms with Gasteiger partial charge in [-0.05, 0) is 72.2 Å². The van der Waals surface area contributed by atoms with Crippen LogP contribution in [0, 0.1) is 0 Å². The quantitative estimate of drug-likeness (QED) is 0.327. The summed E-state index contributed by atoms with van der Waals surface area (Å²) in [4.78, 5) is 27.0. The monoisotopic (exact) mass is 479 g/mol. The van der Waals surface area contributed by atoms with Crippen LogP contribution < -0.4 is 4.90 Å². The lowest BCUT2D eigenvalue weighted by molar-refractivity contribution is -0.114. The second kappa shape index (κ2) is 11.6. The SMILES string of the molecule is CCCCN(C(=O)C=Cc1cc(C(C)(C)C)c(O)c(C(C)(C)C)c1)c1ccc(C(=O)OCC)cc1. The Morgan fingerprint density at radius 3 is 1.94 bits per heavy atom. The Hall–Kier alpha value is -3.08. The van der Waals surface area contributed by atoms with Crippen LogP contribution in [0.2, 0.25) is 0 Å². The van der Waals surface area contributed by atoms with Gasteiger partial charge in [-0.15, -0.1) is 0 Å². The van der Waals surface area contributed by atoms with Gasteiger partial charge in [0.25, 0.3) is 5.91 Å². The van der Waals surface area contributed by atoms with E-state index >= 15 is 0 Å². The Morgan fingerprint density at radius 2 is 1.49 bits per heavy atom. The lowest BCUT2D eigenvalue weighted by Crippen LogP contribution is -2.30. The predicted molar refractivity (Wildman–Crippen MR) is 144 cm³/mol. The van der Waals surface area contributed by atoms with Gasteiger partial charge in [0.1, 0.15) is 5.75 Å². The van der Waals surface area contributed by atoms with Gasteiger partial charge >= 0.3 is 5.97 Å². The number of amides is 1. The number of esters is 1. The molecule has 2 aromatic carbocycles. The van der Waals surface area contributed by atoms with E-state index in [4.69, 9.17) is 4.74 Å². The molecule has 0 radical (unpaired) electrons. The largest absolute Gasteiger partial charge is 0.507 e. The number of aromatic hydroxyl groups is 1. The smallest absolute Gasteiger partial charge is 0.338 e. The lowest BCUT2D eigenvalue weighted by atomic mass is 9.78. The molecule has 190 valence electrons. The minimum absolute atomic E-state index is 0.134. The minimum atomic E-state index is -0.373. The van der Waals surface area contributed by atoms with Crippen LogP contribution in [0.4, 0.5) is 5.69 Å². The fourth-order valence-corrected chi connectivity index (χ4v) is 3.83. The normalized spacial score (nSPS) is 12.1. The molecule has 0 aliphatic carbocycles. The number of anilines is 1. The van der Waals surface area contributed by atoms with Crippen molar-refractivity contribution in [3.63, 3.8) is 0 Å². The zero-order chi connectivity index (χ0) is 26.4. The van der Waals surface area contributed by atoms with Crippen molar-refractivity contribution in [1.82, 2.24) is 0 Å². The van der Waals surface area contributed by atoms with E-state index in [0.717, 1.165) is 35.2 Å². The average Bonchev–Trinajstić information content (AvgIpc) is 2.77. The second-order valence-electron chi connectivity index (χ2n) is 10.9. The van der Waals surface area contributed by atoms with Crippen LogP contribution >= 0.6 is 0 Å². The maximum absolute atomic E-state index is 13.3. The van der Waals surface area contributed by atoms with Gasteiger partial charge in [0.15, 0.2) is 0 Å². The van der Waals surface area contributed by atoms with Crippen LogP contribution in [0.3, 0.4) is 0 Å². The van der Waals surface area contributed by atoms with Gasteiger partial charge in [-0.2, -0.15) is 0 Å². The van der Waals surface area contributed by atoms with Crippen molar-refractivity contribution < 1.29 is 19.4 Å². The highest BCUT2D eigenvalue weighted by Gasteiger charge is 2.26. The Labute approximate surface area is 210 Å². The number of nitrogens with zero attached hydrogens (tertiary/aromatic N) is 1. The van der Waals surface area contributed by atoms with Gasteiger partial charge in [-0.25, -0.2) is 4.79 Å². The molecular formula is C30H41NO4. The van der Waals surface area contributed by atoms with E-state index in [1.165, 1.54) is 0 Å². The number of carbonyl (C=O) groups excluding carboxylic acids is 2. The molecule has 0 saturated carbocycles. The number of carbonyl (C=O) groups is 2. The number of hydrogen-bond donors (Lipinski definition) is 1. The van der Waals surface area contributed by atoms with Gasteiger partial charge in [0.05, 0.1) is 12.2 Å². The molecule has 1 amide bonds. The summed E-state index contributed by atoms with van der Waals surface area (Å²) in [5.74, 6) is -0.188. The molecule has 0 saturated heterocycles. The van der Waals surface area contributed by atoms with Crippen molar-refractivity contribution in [2.45, 2.75) is 79.1 Å². The summed E-state index contributed by atoms with van der Waals surface area (Å²) < 4.78 is 5.06. The molecular weight excluding hydrogens is 438 g/mol. The molecule has 35 heavy (non-hydrogen) atoms. The molecule has 1 N–H and O–H groups in total. The Kier molecular flexibility index (Phi) is 9.31. The van der Waals surface area contributed by atoms with E-state index in [-0.39, 0.29) is 22.7 Å². The molecule has 0 aliphatic rings. The van der Waals surface area contributed by atoms with Crippen molar-refractivity contribution in [1.29, 1.82) is 0 Å². The molecule has 2 aromatic rings. The summed E-state index contributed by atoms with van der Waals surface area (Å²) in [7, 11) is 0. The van der Waals surface area contributed by atoms with E-state index in [1.54, 1.807) is 42.2 Å². The van der Waals surface area contributed by atoms with Gasteiger partial charge < -0.3 is 14.7 Å². The first-order chi connectivity index (χ1) is 16.3. The summed E-state index contributed by atoms with van der Waals surface area (Å²) in [6.45, 7) is 17.2. The third-order valence-electron chi connectivity index (χ3n) is 5.86. The number of phenolic OH excluding ortho intramolecular Hbond substituents is 1. The summed E-state index contributed by atoms with van der Waals surface area (Å²) >= 11 is 0. The molecule has 0 spiro atoms. The topological polar surface area (TPSA) is 66.8 Å².